The van der Waals surface area contributed by atoms with Gasteiger partial charge in [0.05, 0.1) is 4.88 Å². The highest BCUT2D eigenvalue weighted by Crippen LogP contribution is 2.27. The van der Waals surface area contributed by atoms with Gasteiger partial charge in [0.15, 0.2) is 5.82 Å². The Hall–Kier alpha value is -1.99. The van der Waals surface area contributed by atoms with Crippen molar-refractivity contribution in [2.75, 3.05) is 38.1 Å². The average Bonchev–Trinajstić information content (AvgIpc) is 3.33. The maximum Gasteiger partial charge on any atom is 0.225 e. The van der Waals surface area contributed by atoms with Crippen LogP contribution in [0.15, 0.2) is 29.6 Å². The summed E-state index contributed by atoms with van der Waals surface area (Å²) in [6.45, 7) is 8.02. The van der Waals surface area contributed by atoms with Crippen molar-refractivity contribution in [3.63, 3.8) is 0 Å². The number of hydrogen-bond donors (Lipinski definition) is 0. The molecule has 0 unspecified atom stereocenters. The molecule has 0 atom stereocenters. The first-order valence-corrected chi connectivity index (χ1v) is 12.0. The molecule has 0 spiro atoms. The molecule has 2 fully saturated rings. The molecule has 0 saturated carbocycles. The van der Waals surface area contributed by atoms with E-state index in [9.17, 15) is 4.79 Å². The third-order valence-electron chi connectivity index (χ3n) is 6.76. The SMILES string of the molecule is CC(C)N(C)C1CCN(C(=O)C2CCN(c3ccc(-c4cccs4)nn3)CC2)CC1. The summed E-state index contributed by atoms with van der Waals surface area (Å²) in [5.41, 5.74) is 0.922. The first-order chi connectivity index (χ1) is 14.5. The summed E-state index contributed by atoms with van der Waals surface area (Å²) in [7, 11) is 2.21. The molecule has 30 heavy (non-hydrogen) atoms. The lowest BCUT2D eigenvalue weighted by atomic mass is 9.93. The minimum Gasteiger partial charge on any atom is -0.355 e. The smallest absolute Gasteiger partial charge is 0.225 e. The van der Waals surface area contributed by atoms with Crippen molar-refractivity contribution in [3.05, 3.63) is 29.6 Å². The summed E-state index contributed by atoms with van der Waals surface area (Å²) in [5, 5.41) is 10.9. The van der Waals surface area contributed by atoms with Crippen molar-refractivity contribution < 1.29 is 4.79 Å². The van der Waals surface area contributed by atoms with Gasteiger partial charge < -0.3 is 14.7 Å². The Kier molecular flexibility index (Phi) is 6.68. The van der Waals surface area contributed by atoms with E-state index in [-0.39, 0.29) is 5.92 Å². The number of likely N-dealkylation sites (tertiary alicyclic amines) is 1. The first-order valence-electron chi connectivity index (χ1n) is 11.2. The molecule has 0 radical (unpaired) electrons. The topological polar surface area (TPSA) is 52.6 Å². The van der Waals surface area contributed by atoms with Crippen molar-refractivity contribution >= 4 is 23.1 Å². The predicted octanol–water partition coefficient (Wildman–Crippen LogP) is 3.75. The molecule has 0 N–H and O–H groups in total. The van der Waals surface area contributed by atoms with E-state index in [4.69, 9.17) is 0 Å². The minimum absolute atomic E-state index is 0.152. The molecule has 0 aliphatic carbocycles. The number of rotatable bonds is 5. The molecule has 7 heteroatoms. The Morgan fingerprint density at radius 2 is 1.80 bits per heavy atom. The van der Waals surface area contributed by atoms with E-state index in [0.717, 1.165) is 68.3 Å². The highest BCUT2D eigenvalue weighted by Gasteiger charge is 2.32. The van der Waals surface area contributed by atoms with E-state index in [0.29, 0.717) is 18.0 Å². The molecule has 2 aliphatic rings. The number of amides is 1. The predicted molar refractivity (Wildman–Crippen MR) is 123 cm³/mol. The molecule has 2 aromatic rings. The average molecular weight is 428 g/mol. The van der Waals surface area contributed by atoms with Crippen LogP contribution >= 0.6 is 11.3 Å². The van der Waals surface area contributed by atoms with Crippen LogP contribution in [0.3, 0.4) is 0 Å². The van der Waals surface area contributed by atoms with Crippen molar-refractivity contribution in [3.8, 4) is 10.6 Å². The Bertz CT molecular complexity index is 807. The van der Waals surface area contributed by atoms with E-state index in [2.05, 4.69) is 63.3 Å². The molecule has 4 heterocycles. The number of aromatic nitrogens is 2. The normalized spacial score (nSPS) is 19.1. The van der Waals surface area contributed by atoms with Gasteiger partial charge in [-0.05, 0) is 70.2 Å². The Balaban J connectivity index is 1.27. The summed E-state index contributed by atoms with van der Waals surface area (Å²) < 4.78 is 0. The molecule has 2 saturated heterocycles. The second-order valence-electron chi connectivity index (χ2n) is 8.83. The fourth-order valence-electron chi connectivity index (χ4n) is 4.58. The second kappa shape index (κ2) is 9.43. The van der Waals surface area contributed by atoms with Crippen molar-refractivity contribution in [1.82, 2.24) is 20.0 Å². The van der Waals surface area contributed by atoms with Crippen LogP contribution in [0.4, 0.5) is 5.82 Å². The van der Waals surface area contributed by atoms with Gasteiger partial charge in [-0.15, -0.1) is 21.5 Å². The lowest BCUT2D eigenvalue weighted by molar-refractivity contribution is -0.137. The molecular weight excluding hydrogens is 394 g/mol. The van der Waals surface area contributed by atoms with Crippen LogP contribution in [0.2, 0.25) is 0 Å². The third-order valence-corrected chi connectivity index (χ3v) is 7.65. The van der Waals surface area contributed by atoms with Gasteiger partial charge in [-0.25, -0.2) is 0 Å². The van der Waals surface area contributed by atoms with E-state index in [1.807, 2.05) is 12.1 Å². The molecule has 0 aromatic carbocycles. The van der Waals surface area contributed by atoms with Crippen LogP contribution in [0.5, 0.6) is 0 Å². The lowest BCUT2D eigenvalue weighted by Crippen LogP contribution is -2.50. The summed E-state index contributed by atoms with van der Waals surface area (Å²) in [4.78, 5) is 21.0. The molecule has 0 bridgehead atoms. The number of nitrogens with zero attached hydrogens (tertiary/aromatic N) is 5. The Morgan fingerprint density at radius 1 is 1.07 bits per heavy atom. The molecule has 2 aliphatic heterocycles. The number of carbonyl (C=O) groups is 1. The number of piperidine rings is 2. The van der Waals surface area contributed by atoms with Gasteiger partial charge in [0.1, 0.15) is 5.69 Å². The fraction of sp³-hybridized carbons (Fsp3) is 0.609. The lowest BCUT2D eigenvalue weighted by Gasteiger charge is -2.40. The second-order valence-corrected chi connectivity index (χ2v) is 9.78. The van der Waals surface area contributed by atoms with Crippen LogP contribution in [0, 0.1) is 5.92 Å². The summed E-state index contributed by atoms with van der Waals surface area (Å²) in [6, 6.07) is 9.36. The maximum absolute atomic E-state index is 13.0. The third kappa shape index (κ3) is 4.67. The number of thiophene rings is 1. The van der Waals surface area contributed by atoms with Gasteiger partial charge in [-0.3, -0.25) is 4.79 Å². The first kappa shape index (κ1) is 21.2. The van der Waals surface area contributed by atoms with Crippen molar-refractivity contribution in [2.24, 2.45) is 5.92 Å². The van der Waals surface area contributed by atoms with Gasteiger partial charge in [0, 0.05) is 44.2 Å². The van der Waals surface area contributed by atoms with E-state index >= 15 is 0 Å². The summed E-state index contributed by atoms with van der Waals surface area (Å²) >= 11 is 1.68. The largest absolute Gasteiger partial charge is 0.355 e. The van der Waals surface area contributed by atoms with E-state index in [1.165, 1.54) is 0 Å². The monoisotopic (exact) mass is 427 g/mol. The zero-order chi connectivity index (χ0) is 21.1. The number of anilines is 1. The summed E-state index contributed by atoms with van der Waals surface area (Å²) in [6.07, 6.45) is 3.98. The molecule has 2 aromatic heterocycles. The van der Waals surface area contributed by atoms with Crippen molar-refractivity contribution in [2.45, 2.75) is 51.6 Å². The van der Waals surface area contributed by atoms with Crippen LogP contribution in [-0.4, -0.2) is 71.2 Å². The number of hydrogen-bond acceptors (Lipinski definition) is 6. The van der Waals surface area contributed by atoms with Crippen LogP contribution in [0.1, 0.15) is 39.5 Å². The molecule has 6 nitrogen and oxygen atoms in total. The molecule has 1 amide bonds. The molecular formula is C23H33N5OS. The summed E-state index contributed by atoms with van der Waals surface area (Å²) in [5.74, 6) is 1.43. The van der Waals surface area contributed by atoms with Crippen LogP contribution in [-0.2, 0) is 4.79 Å². The quantitative estimate of drug-likeness (QED) is 0.727. The number of carbonyl (C=O) groups excluding carboxylic acids is 1. The van der Waals surface area contributed by atoms with Gasteiger partial charge in [-0.2, -0.15) is 0 Å². The van der Waals surface area contributed by atoms with Gasteiger partial charge in [0.25, 0.3) is 0 Å². The zero-order valence-electron chi connectivity index (χ0n) is 18.3. The van der Waals surface area contributed by atoms with Gasteiger partial charge in [-0.1, -0.05) is 6.07 Å². The van der Waals surface area contributed by atoms with Crippen molar-refractivity contribution in [1.29, 1.82) is 0 Å². The van der Waals surface area contributed by atoms with E-state index in [1.54, 1.807) is 11.3 Å². The fourth-order valence-corrected chi connectivity index (χ4v) is 5.27. The maximum atomic E-state index is 13.0. The highest BCUT2D eigenvalue weighted by atomic mass is 32.1. The molecule has 4 rings (SSSR count). The standard InChI is InChI=1S/C23H33N5OS/c1-17(2)26(3)19-10-14-28(15-11-19)23(29)18-8-12-27(13-9-18)22-7-6-20(24-25-22)21-5-4-16-30-21/h4-7,16-19H,8-15H2,1-3H3. The van der Waals surface area contributed by atoms with Gasteiger partial charge in [0.2, 0.25) is 5.91 Å². The van der Waals surface area contributed by atoms with Gasteiger partial charge >= 0.3 is 0 Å². The Labute approximate surface area is 183 Å². The Morgan fingerprint density at radius 3 is 2.37 bits per heavy atom. The van der Waals surface area contributed by atoms with Crippen LogP contribution in [0.25, 0.3) is 10.6 Å². The van der Waals surface area contributed by atoms with E-state index < -0.39 is 0 Å². The molecule has 162 valence electrons. The highest BCUT2D eigenvalue weighted by molar-refractivity contribution is 7.13. The zero-order valence-corrected chi connectivity index (χ0v) is 19.1. The van der Waals surface area contributed by atoms with Crippen LogP contribution < -0.4 is 4.90 Å². The minimum atomic E-state index is 0.152.